The quantitative estimate of drug-likeness (QED) is 0.569. The lowest BCUT2D eigenvalue weighted by molar-refractivity contribution is 0.0998. The topological polar surface area (TPSA) is 63.3 Å². The fraction of sp³-hybridized carbons (Fsp3) is 0. The van der Waals surface area contributed by atoms with Crippen LogP contribution >= 0.6 is 31.9 Å². The van der Waals surface area contributed by atoms with E-state index in [-0.39, 0.29) is 11.3 Å². The van der Waals surface area contributed by atoms with Crippen molar-refractivity contribution in [3.63, 3.8) is 0 Å². The Hall–Kier alpha value is -2.11. The summed E-state index contributed by atoms with van der Waals surface area (Å²) in [5.41, 5.74) is 8.66. The number of aromatic hydroxyl groups is 1. The first-order valence-electron chi connectivity index (χ1n) is 7.14. The van der Waals surface area contributed by atoms with Gasteiger partial charge in [-0.15, -0.1) is 0 Å². The molecular formula is C19H13Br2NO2. The number of nitrogens with two attached hydrogens (primary N) is 1. The number of carbonyl (C=O) groups excluding carboxylic acids is 1. The van der Waals surface area contributed by atoms with E-state index in [1.807, 2.05) is 54.6 Å². The number of carbonyl (C=O) groups is 1. The number of benzene rings is 3. The molecule has 0 aliphatic heterocycles. The van der Waals surface area contributed by atoms with Crippen LogP contribution in [0.2, 0.25) is 0 Å². The third kappa shape index (κ3) is 3.37. The van der Waals surface area contributed by atoms with Gasteiger partial charge in [-0.2, -0.15) is 0 Å². The Morgan fingerprint density at radius 1 is 0.792 bits per heavy atom. The highest BCUT2D eigenvalue weighted by Gasteiger charge is 2.16. The molecule has 0 saturated carbocycles. The first kappa shape index (κ1) is 16.7. The molecule has 0 unspecified atom stereocenters. The number of hydrogen-bond acceptors (Lipinski definition) is 2. The van der Waals surface area contributed by atoms with Gasteiger partial charge in [0.25, 0.3) is 5.91 Å². The van der Waals surface area contributed by atoms with E-state index in [0.717, 1.165) is 25.6 Å². The molecule has 0 spiro atoms. The Morgan fingerprint density at radius 3 is 1.79 bits per heavy atom. The van der Waals surface area contributed by atoms with E-state index in [4.69, 9.17) is 5.73 Å². The van der Waals surface area contributed by atoms with E-state index in [1.165, 1.54) is 0 Å². The second kappa shape index (κ2) is 6.79. The maximum atomic E-state index is 11.7. The Bertz CT molecular complexity index is 904. The number of phenols is 1. The van der Waals surface area contributed by atoms with E-state index >= 15 is 0 Å². The van der Waals surface area contributed by atoms with Gasteiger partial charge in [0.1, 0.15) is 5.75 Å². The van der Waals surface area contributed by atoms with E-state index in [9.17, 15) is 9.90 Å². The van der Waals surface area contributed by atoms with Gasteiger partial charge in [0.05, 0.1) is 5.56 Å². The Morgan fingerprint density at radius 2 is 1.29 bits per heavy atom. The summed E-state index contributed by atoms with van der Waals surface area (Å²) in [6, 6.07) is 18.7. The minimum Gasteiger partial charge on any atom is -0.506 e. The van der Waals surface area contributed by atoms with Crippen LogP contribution in [0.15, 0.2) is 69.6 Å². The minimum atomic E-state index is -0.662. The molecule has 3 aromatic carbocycles. The van der Waals surface area contributed by atoms with Gasteiger partial charge in [0.15, 0.2) is 0 Å². The van der Waals surface area contributed by atoms with Crippen LogP contribution in [-0.2, 0) is 0 Å². The van der Waals surface area contributed by atoms with Gasteiger partial charge >= 0.3 is 0 Å². The Kier molecular flexibility index (Phi) is 4.73. The number of hydrogen-bond donors (Lipinski definition) is 2. The maximum Gasteiger partial charge on any atom is 0.252 e. The van der Waals surface area contributed by atoms with Crippen LogP contribution in [0.3, 0.4) is 0 Å². The van der Waals surface area contributed by atoms with Crippen molar-refractivity contribution >= 4 is 37.8 Å². The van der Waals surface area contributed by atoms with Gasteiger partial charge < -0.3 is 10.8 Å². The van der Waals surface area contributed by atoms with E-state index in [2.05, 4.69) is 31.9 Å². The average molecular weight is 447 g/mol. The third-order valence-corrected chi connectivity index (χ3v) is 4.77. The molecule has 3 aromatic rings. The summed E-state index contributed by atoms with van der Waals surface area (Å²) < 4.78 is 1.90. The summed E-state index contributed by atoms with van der Waals surface area (Å²) in [6.45, 7) is 0. The fourth-order valence-corrected chi connectivity index (χ4v) is 3.01. The van der Waals surface area contributed by atoms with Crippen molar-refractivity contribution in [1.82, 2.24) is 0 Å². The molecular weight excluding hydrogens is 434 g/mol. The standard InChI is InChI=1S/C19H13Br2NO2/c20-14-5-1-11(2-6-14)13-9-16(12-3-7-15(21)8-4-12)18(23)17(10-13)19(22)24/h1-10,23H,(H2,22,24). The molecule has 3 N–H and O–H groups in total. The van der Waals surface area contributed by atoms with Crippen molar-refractivity contribution in [2.24, 2.45) is 5.73 Å². The van der Waals surface area contributed by atoms with Crippen LogP contribution in [-0.4, -0.2) is 11.0 Å². The van der Waals surface area contributed by atoms with Crippen LogP contribution in [0.5, 0.6) is 5.75 Å². The monoisotopic (exact) mass is 445 g/mol. The molecule has 0 aliphatic carbocycles. The lowest BCUT2D eigenvalue weighted by atomic mass is 9.94. The zero-order valence-corrected chi connectivity index (χ0v) is 15.6. The second-order valence-corrected chi connectivity index (χ2v) is 7.13. The molecule has 0 heterocycles. The predicted octanol–water partition coefficient (Wildman–Crippen LogP) is 5.35. The van der Waals surface area contributed by atoms with E-state index < -0.39 is 5.91 Å². The summed E-state index contributed by atoms with van der Waals surface area (Å²) in [7, 11) is 0. The first-order valence-corrected chi connectivity index (χ1v) is 8.73. The van der Waals surface area contributed by atoms with Gasteiger partial charge in [-0.25, -0.2) is 0 Å². The Balaban J connectivity index is 2.22. The molecule has 0 aliphatic rings. The zero-order chi connectivity index (χ0) is 17.3. The molecule has 0 bridgehead atoms. The van der Waals surface area contributed by atoms with Crippen LogP contribution in [0, 0.1) is 0 Å². The molecule has 0 atom stereocenters. The highest BCUT2D eigenvalue weighted by Crippen LogP contribution is 2.37. The molecule has 0 aromatic heterocycles. The molecule has 3 rings (SSSR count). The van der Waals surface area contributed by atoms with Gasteiger partial charge in [0, 0.05) is 14.5 Å². The lowest BCUT2D eigenvalue weighted by Crippen LogP contribution is -2.11. The van der Waals surface area contributed by atoms with Crippen LogP contribution in [0.25, 0.3) is 22.3 Å². The molecule has 120 valence electrons. The van der Waals surface area contributed by atoms with Crippen molar-refractivity contribution in [3.8, 4) is 28.0 Å². The summed E-state index contributed by atoms with van der Waals surface area (Å²) in [5, 5.41) is 10.5. The van der Waals surface area contributed by atoms with E-state index in [1.54, 1.807) is 6.07 Å². The highest BCUT2D eigenvalue weighted by atomic mass is 79.9. The van der Waals surface area contributed by atoms with Gasteiger partial charge in [0.2, 0.25) is 0 Å². The summed E-state index contributed by atoms with van der Waals surface area (Å²) in [5.74, 6) is -0.768. The molecule has 3 nitrogen and oxygen atoms in total. The summed E-state index contributed by atoms with van der Waals surface area (Å²) >= 11 is 6.80. The van der Waals surface area contributed by atoms with Crippen molar-refractivity contribution in [1.29, 1.82) is 0 Å². The molecule has 0 saturated heterocycles. The fourth-order valence-electron chi connectivity index (χ4n) is 2.48. The number of rotatable bonds is 3. The molecule has 0 fully saturated rings. The van der Waals surface area contributed by atoms with Crippen molar-refractivity contribution in [2.45, 2.75) is 0 Å². The number of primary amides is 1. The van der Waals surface area contributed by atoms with Crippen molar-refractivity contribution < 1.29 is 9.90 Å². The Labute approximate surface area is 156 Å². The van der Waals surface area contributed by atoms with Gasteiger partial charge in [-0.1, -0.05) is 56.1 Å². The number of amides is 1. The zero-order valence-electron chi connectivity index (χ0n) is 12.5. The van der Waals surface area contributed by atoms with Gasteiger partial charge in [-0.3, -0.25) is 4.79 Å². The molecule has 5 heteroatoms. The molecule has 0 radical (unpaired) electrons. The summed E-state index contributed by atoms with van der Waals surface area (Å²) in [6.07, 6.45) is 0. The van der Waals surface area contributed by atoms with Crippen molar-refractivity contribution in [3.05, 3.63) is 75.2 Å². The van der Waals surface area contributed by atoms with Crippen LogP contribution < -0.4 is 5.73 Å². The molecule has 1 amide bonds. The SMILES string of the molecule is NC(=O)c1cc(-c2ccc(Br)cc2)cc(-c2ccc(Br)cc2)c1O. The normalized spacial score (nSPS) is 10.6. The largest absolute Gasteiger partial charge is 0.506 e. The van der Waals surface area contributed by atoms with E-state index in [0.29, 0.717) is 5.56 Å². The summed E-state index contributed by atoms with van der Waals surface area (Å²) in [4.78, 5) is 11.7. The van der Waals surface area contributed by atoms with Crippen LogP contribution in [0.1, 0.15) is 10.4 Å². The maximum absolute atomic E-state index is 11.7. The predicted molar refractivity (Wildman–Crippen MR) is 103 cm³/mol. The van der Waals surface area contributed by atoms with Gasteiger partial charge in [-0.05, 0) is 53.1 Å². The first-order chi connectivity index (χ1) is 11.5. The van der Waals surface area contributed by atoms with Crippen molar-refractivity contribution in [2.75, 3.05) is 0 Å². The highest BCUT2D eigenvalue weighted by molar-refractivity contribution is 9.10. The smallest absolute Gasteiger partial charge is 0.252 e. The average Bonchev–Trinajstić information content (AvgIpc) is 2.56. The number of halogens is 2. The molecule has 24 heavy (non-hydrogen) atoms. The van der Waals surface area contributed by atoms with Crippen LogP contribution in [0.4, 0.5) is 0 Å². The second-order valence-electron chi connectivity index (χ2n) is 5.30. The third-order valence-electron chi connectivity index (χ3n) is 3.71. The minimum absolute atomic E-state index is 0.105. The lowest BCUT2D eigenvalue weighted by Gasteiger charge is -2.12.